The summed E-state index contributed by atoms with van der Waals surface area (Å²) in [4.78, 5) is 0. The first-order valence-corrected chi connectivity index (χ1v) is 11.5. The van der Waals surface area contributed by atoms with Crippen LogP contribution in [0.4, 0.5) is 32.0 Å². The van der Waals surface area contributed by atoms with Crippen molar-refractivity contribution >= 4 is 23.0 Å². The molecule has 3 aromatic carbocycles. The van der Waals surface area contributed by atoms with Gasteiger partial charge in [0.15, 0.2) is 0 Å². The summed E-state index contributed by atoms with van der Waals surface area (Å²) in [6.07, 6.45) is -13.0. The minimum atomic E-state index is -6.06. The Morgan fingerprint density at radius 3 is 1.89 bits per heavy atom. The van der Waals surface area contributed by atoms with Crippen molar-refractivity contribution in [2.45, 2.75) is 30.4 Å². The molecule has 12 heteroatoms. The van der Waals surface area contributed by atoms with E-state index in [4.69, 9.17) is 21.1 Å². The van der Waals surface area contributed by atoms with Gasteiger partial charge in [-0.25, -0.2) is 0 Å². The molecule has 5 nitrogen and oxygen atoms in total. The van der Waals surface area contributed by atoms with Crippen LogP contribution in [0.2, 0.25) is 5.02 Å². The lowest BCUT2D eigenvalue weighted by Crippen LogP contribution is -2.62. The molecule has 4 rings (SSSR count). The molecule has 0 saturated carbocycles. The molecule has 38 heavy (non-hydrogen) atoms. The fourth-order valence-electron chi connectivity index (χ4n) is 4.21. The number of methoxy groups -OCH3 is 2. The molecule has 0 aliphatic carbocycles. The average molecular weight is 559 g/mol. The molecule has 202 valence electrons. The third-order valence-electron chi connectivity index (χ3n) is 6.23. The van der Waals surface area contributed by atoms with Gasteiger partial charge in [0.1, 0.15) is 11.5 Å². The summed E-state index contributed by atoms with van der Waals surface area (Å²) in [7, 11) is 2.98. The Balaban J connectivity index is 1.78. The molecule has 1 heterocycles. The predicted octanol–water partition coefficient (Wildman–Crippen LogP) is 7.19. The van der Waals surface area contributed by atoms with E-state index in [-0.39, 0.29) is 10.7 Å². The van der Waals surface area contributed by atoms with Crippen LogP contribution in [0.5, 0.6) is 11.5 Å². The van der Waals surface area contributed by atoms with Crippen LogP contribution >= 0.6 is 11.6 Å². The molecule has 0 spiro atoms. The highest BCUT2D eigenvalue weighted by molar-refractivity contribution is 6.33. The van der Waals surface area contributed by atoms with Crippen molar-refractivity contribution in [2.24, 2.45) is 5.10 Å². The topological polar surface area (TPSA) is 54.3 Å². The lowest BCUT2D eigenvalue weighted by molar-refractivity contribution is -0.338. The van der Waals surface area contributed by atoms with Crippen LogP contribution in [0.1, 0.15) is 18.0 Å². The van der Waals surface area contributed by atoms with Crippen molar-refractivity contribution in [1.82, 2.24) is 0 Å². The van der Waals surface area contributed by atoms with Gasteiger partial charge in [0, 0.05) is 12.5 Å². The molecule has 1 aliphatic rings. The summed E-state index contributed by atoms with van der Waals surface area (Å²) in [5, 5.41) is 14.7. The largest absolute Gasteiger partial charge is 0.497 e. The summed E-state index contributed by atoms with van der Waals surface area (Å²) in [5.74, 6) is 1.06. The van der Waals surface area contributed by atoms with E-state index in [0.717, 1.165) is 5.01 Å². The molecular weight excluding hydrogens is 538 g/mol. The summed E-state index contributed by atoms with van der Waals surface area (Å²) in [6.45, 7) is 0. The zero-order valence-electron chi connectivity index (χ0n) is 19.9. The van der Waals surface area contributed by atoms with Gasteiger partial charge in [0.25, 0.3) is 5.60 Å². The van der Waals surface area contributed by atoms with Crippen LogP contribution in [-0.2, 0) is 0 Å². The van der Waals surface area contributed by atoms with Crippen molar-refractivity contribution in [3.63, 3.8) is 0 Å². The van der Waals surface area contributed by atoms with Gasteiger partial charge < -0.3 is 14.6 Å². The van der Waals surface area contributed by atoms with E-state index < -0.39 is 36.1 Å². The maximum atomic E-state index is 13.6. The number of hydrogen-bond donors (Lipinski definition) is 1. The van der Waals surface area contributed by atoms with Crippen molar-refractivity contribution < 1.29 is 40.9 Å². The number of rotatable bonds is 6. The van der Waals surface area contributed by atoms with E-state index in [1.54, 1.807) is 48.5 Å². The summed E-state index contributed by atoms with van der Waals surface area (Å²) in [5.41, 5.74) is -4.77. The SMILES string of the molecule is COc1cc(OC)cc(-c2ccc(C3CC(C(O)(C(F)(F)F)C(F)(F)F)=NN3c3ccccc3Cl)cc2)c1. The maximum absolute atomic E-state index is 13.6. The number of nitrogens with zero attached hydrogens (tertiary/aromatic N) is 2. The Morgan fingerprint density at radius 2 is 1.39 bits per heavy atom. The Labute approximate surface area is 218 Å². The van der Waals surface area contributed by atoms with E-state index in [0.29, 0.717) is 28.2 Å². The minimum Gasteiger partial charge on any atom is -0.497 e. The number of aliphatic hydroxyl groups is 1. The predicted molar refractivity (Wildman–Crippen MR) is 131 cm³/mol. The molecule has 1 aliphatic heterocycles. The zero-order chi connectivity index (χ0) is 27.9. The van der Waals surface area contributed by atoms with Crippen LogP contribution in [0.25, 0.3) is 11.1 Å². The highest BCUT2D eigenvalue weighted by Gasteiger charge is 2.74. The van der Waals surface area contributed by atoms with Gasteiger partial charge in [-0.3, -0.25) is 5.01 Å². The Hall–Kier alpha value is -3.44. The van der Waals surface area contributed by atoms with Gasteiger partial charge >= 0.3 is 12.4 Å². The number of ether oxygens (including phenoxy) is 2. The van der Waals surface area contributed by atoms with E-state index in [2.05, 4.69) is 5.10 Å². The molecule has 0 aromatic heterocycles. The molecule has 1 atom stereocenters. The molecule has 3 aromatic rings. The van der Waals surface area contributed by atoms with Gasteiger partial charge in [-0.15, -0.1) is 0 Å². The third kappa shape index (κ3) is 4.88. The van der Waals surface area contributed by atoms with Crippen LogP contribution in [-0.4, -0.2) is 43.0 Å². The molecule has 1 unspecified atom stereocenters. The number of alkyl halides is 6. The normalized spacial score (nSPS) is 16.4. The fraction of sp³-hybridized carbons (Fsp3) is 0.269. The smallest absolute Gasteiger partial charge is 0.431 e. The Kier molecular flexibility index (Phi) is 7.28. The second-order valence-corrected chi connectivity index (χ2v) is 8.90. The second kappa shape index (κ2) is 10.0. The van der Waals surface area contributed by atoms with Crippen molar-refractivity contribution in [3.8, 4) is 22.6 Å². The molecule has 0 bridgehead atoms. The summed E-state index contributed by atoms with van der Waals surface area (Å²) in [6, 6.07) is 16.4. The Bertz CT molecular complexity index is 1310. The number of halogens is 7. The lowest BCUT2D eigenvalue weighted by atomic mass is 9.89. The third-order valence-corrected chi connectivity index (χ3v) is 6.55. The minimum absolute atomic E-state index is 0.0603. The highest BCUT2D eigenvalue weighted by atomic mass is 35.5. The van der Waals surface area contributed by atoms with Gasteiger partial charge in [-0.05, 0) is 41.0 Å². The summed E-state index contributed by atoms with van der Waals surface area (Å²) >= 11 is 6.22. The number of benzene rings is 3. The molecular formula is C26H21ClF6N2O3. The van der Waals surface area contributed by atoms with Crippen LogP contribution in [0, 0.1) is 0 Å². The number of para-hydroxylation sites is 1. The quantitative estimate of drug-likeness (QED) is 0.325. The highest BCUT2D eigenvalue weighted by Crippen LogP contribution is 2.49. The van der Waals surface area contributed by atoms with Crippen LogP contribution in [0.3, 0.4) is 0 Å². The number of anilines is 1. The van der Waals surface area contributed by atoms with Crippen molar-refractivity contribution in [1.29, 1.82) is 0 Å². The van der Waals surface area contributed by atoms with Gasteiger partial charge in [0.2, 0.25) is 0 Å². The average Bonchev–Trinajstić information content (AvgIpc) is 3.32. The zero-order valence-corrected chi connectivity index (χ0v) is 20.7. The standard InChI is InChI=1S/C26H21ClF6N2O3/c1-37-18-11-17(12-19(13-18)38-2)15-7-9-16(10-8-15)22-14-23(24(36,25(28,29)30)26(31,32)33)34-35(22)21-6-4-3-5-20(21)27/h3-13,22,36H,14H2,1-2H3. The first kappa shape index (κ1) is 27.6. The van der Waals surface area contributed by atoms with E-state index in [1.807, 2.05) is 0 Å². The van der Waals surface area contributed by atoms with E-state index in [1.165, 1.54) is 32.4 Å². The Morgan fingerprint density at radius 1 is 0.842 bits per heavy atom. The monoisotopic (exact) mass is 558 g/mol. The molecule has 0 saturated heterocycles. The van der Waals surface area contributed by atoms with Crippen LogP contribution in [0.15, 0.2) is 71.8 Å². The fourth-order valence-corrected chi connectivity index (χ4v) is 4.43. The number of hydrogen-bond acceptors (Lipinski definition) is 5. The van der Waals surface area contributed by atoms with E-state index in [9.17, 15) is 31.4 Å². The van der Waals surface area contributed by atoms with Crippen molar-refractivity contribution in [3.05, 3.63) is 77.3 Å². The molecule has 1 N–H and O–H groups in total. The maximum Gasteiger partial charge on any atom is 0.431 e. The second-order valence-electron chi connectivity index (χ2n) is 8.49. The lowest BCUT2D eigenvalue weighted by Gasteiger charge is -2.32. The van der Waals surface area contributed by atoms with Gasteiger partial charge in [0.05, 0.1) is 36.7 Å². The summed E-state index contributed by atoms with van der Waals surface area (Å²) < 4.78 is 92.4. The first-order valence-electron chi connectivity index (χ1n) is 11.1. The molecule has 0 fully saturated rings. The van der Waals surface area contributed by atoms with Gasteiger partial charge in [-0.2, -0.15) is 31.4 Å². The first-order chi connectivity index (χ1) is 17.8. The number of hydrazone groups is 1. The van der Waals surface area contributed by atoms with Crippen LogP contribution < -0.4 is 14.5 Å². The molecule has 0 radical (unpaired) electrons. The van der Waals surface area contributed by atoms with Gasteiger partial charge in [-0.1, -0.05) is 48.0 Å². The van der Waals surface area contributed by atoms with E-state index >= 15 is 0 Å². The molecule has 0 amide bonds. The van der Waals surface area contributed by atoms with Crippen molar-refractivity contribution in [2.75, 3.05) is 19.2 Å².